The maximum atomic E-state index is 12.5. The molecule has 31 heavy (non-hydrogen) atoms. The van der Waals surface area contributed by atoms with Gasteiger partial charge >= 0.3 is 0 Å². The Morgan fingerprint density at radius 3 is 2.48 bits per heavy atom. The molecule has 0 radical (unpaired) electrons. The number of anilines is 1. The molecule has 3 amide bonds. The monoisotopic (exact) mass is 427 g/mol. The fourth-order valence-electron chi connectivity index (χ4n) is 4.74. The third-order valence-electron chi connectivity index (χ3n) is 6.78. The first-order valence-corrected chi connectivity index (χ1v) is 11.4. The molecule has 3 heterocycles. The summed E-state index contributed by atoms with van der Waals surface area (Å²) in [5.74, 6) is -0.394. The molecule has 8 nitrogen and oxygen atoms in total. The SMILES string of the molecule is NC1CCN(C(=O)CCN2CCN(c3cccc(C4CCC(=O)NC4=O)c3)CC2)CC1. The van der Waals surface area contributed by atoms with Crippen molar-refractivity contribution in [1.82, 2.24) is 15.1 Å². The van der Waals surface area contributed by atoms with Gasteiger partial charge in [-0.15, -0.1) is 0 Å². The van der Waals surface area contributed by atoms with E-state index in [9.17, 15) is 14.4 Å². The van der Waals surface area contributed by atoms with E-state index in [1.807, 2.05) is 17.0 Å². The number of piperidine rings is 2. The third-order valence-corrected chi connectivity index (χ3v) is 6.78. The van der Waals surface area contributed by atoms with E-state index in [0.29, 0.717) is 19.3 Å². The molecule has 168 valence electrons. The Morgan fingerprint density at radius 2 is 1.77 bits per heavy atom. The summed E-state index contributed by atoms with van der Waals surface area (Å²) in [6, 6.07) is 8.37. The summed E-state index contributed by atoms with van der Waals surface area (Å²) in [6.45, 7) is 6.00. The zero-order valence-corrected chi connectivity index (χ0v) is 18.1. The normalized spacial score (nSPS) is 23.7. The smallest absolute Gasteiger partial charge is 0.234 e. The van der Waals surface area contributed by atoms with Gasteiger partial charge in [0, 0.05) is 70.4 Å². The number of nitrogens with one attached hydrogen (secondary N) is 1. The van der Waals surface area contributed by atoms with Gasteiger partial charge in [-0.2, -0.15) is 0 Å². The highest BCUT2D eigenvalue weighted by Crippen LogP contribution is 2.28. The molecular formula is C23H33N5O3. The molecule has 1 unspecified atom stereocenters. The number of carbonyl (C=O) groups is 3. The lowest BCUT2D eigenvalue weighted by Crippen LogP contribution is -2.48. The summed E-state index contributed by atoms with van der Waals surface area (Å²) in [5, 5.41) is 2.45. The summed E-state index contributed by atoms with van der Waals surface area (Å²) in [6.07, 6.45) is 3.34. The summed E-state index contributed by atoms with van der Waals surface area (Å²) < 4.78 is 0. The van der Waals surface area contributed by atoms with Crippen molar-refractivity contribution in [2.24, 2.45) is 5.73 Å². The minimum atomic E-state index is -0.255. The van der Waals surface area contributed by atoms with Gasteiger partial charge in [-0.1, -0.05) is 12.1 Å². The predicted octanol–water partition coefficient (Wildman–Crippen LogP) is 0.669. The van der Waals surface area contributed by atoms with Crippen LogP contribution in [-0.2, 0) is 14.4 Å². The molecule has 4 rings (SSSR count). The van der Waals surface area contributed by atoms with Crippen LogP contribution in [0.3, 0.4) is 0 Å². The topological polar surface area (TPSA) is 99.0 Å². The van der Waals surface area contributed by atoms with Crippen LogP contribution in [0.25, 0.3) is 0 Å². The quantitative estimate of drug-likeness (QED) is 0.670. The van der Waals surface area contributed by atoms with Crippen LogP contribution < -0.4 is 16.0 Å². The maximum absolute atomic E-state index is 12.5. The van der Waals surface area contributed by atoms with Crippen molar-refractivity contribution in [3.05, 3.63) is 29.8 Å². The highest BCUT2D eigenvalue weighted by molar-refractivity contribution is 6.01. The van der Waals surface area contributed by atoms with E-state index in [4.69, 9.17) is 5.73 Å². The molecule has 3 saturated heterocycles. The van der Waals surface area contributed by atoms with Crippen LogP contribution in [-0.4, -0.2) is 79.4 Å². The Hall–Kier alpha value is -2.45. The zero-order chi connectivity index (χ0) is 21.8. The van der Waals surface area contributed by atoms with Crippen molar-refractivity contribution in [1.29, 1.82) is 0 Å². The van der Waals surface area contributed by atoms with Gasteiger partial charge in [-0.25, -0.2) is 0 Å². The van der Waals surface area contributed by atoms with Crippen LogP contribution >= 0.6 is 0 Å². The van der Waals surface area contributed by atoms with E-state index in [1.54, 1.807) is 0 Å². The Balaban J connectivity index is 1.26. The first kappa shape index (κ1) is 21.8. The maximum Gasteiger partial charge on any atom is 0.234 e. The average Bonchev–Trinajstić information content (AvgIpc) is 2.78. The molecule has 1 atom stereocenters. The van der Waals surface area contributed by atoms with Crippen LogP contribution in [0.1, 0.15) is 43.6 Å². The largest absolute Gasteiger partial charge is 0.369 e. The number of imide groups is 1. The second kappa shape index (κ2) is 9.78. The van der Waals surface area contributed by atoms with E-state index < -0.39 is 0 Å². The lowest BCUT2D eigenvalue weighted by molar-refractivity contribution is -0.134. The van der Waals surface area contributed by atoms with Gasteiger partial charge in [0.25, 0.3) is 0 Å². The molecule has 0 bridgehead atoms. The molecule has 3 aliphatic heterocycles. The summed E-state index contributed by atoms with van der Waals surface area (Å²) in [4.78, 5) is 42.7. The molecule has 3 fully saturated rings. The number of likely N-dealkylation sites (tertiary alicyclic amines) is 1. The number of benzene rings is 1. The van der Waals surface area contributed by atoms with E-state index in [0.717, 1.165) is 69.9 Å². The van der Waals surface area contributed by atoms with Crippen LogP contribution in [0, 0.1) is 0 Å². The standard InChI is InChI=1S/C23H33N5O3/c24-18-6-10-28(11-7-18)22(30)8-9-26-12-14-27(15-13-26)19-3-1-2-17(16-19)20-4-5-21(29)25-23(20)31/h1-3,16,18,20H,4-15,24H2,(H,25,29,31). The van der Waals surface area contributed by atoms with E-state index in [-0.39, 0.29) is 29.7 Å². The number of hydrogen-bond donors (Lipinski definition) is 2. The fourth-order valence-corrected chi connectivity index (χ4v) is 4.74. The van der Waals surface area contributed by atoms with Crippen molar-refractivity contribution in [2.45, 2.75) is 44.1 Å². The van der Waals surface area contributed by atoms with Gasteiger partial charge in [0.1, 0.15) is 0 Å². The Labute approximate surface area is 183 Å². The second-order valence-electron chi connectivity index (χ2n) is 8.90. The van der Waals surface area contributed by atoms with E-state index in [2.05, 4.69) is 27.2 Å². The minimum Gasteiger partial charge on any atom is -0.369 e. The predicted molar refractivity (Wildman–Crippen MR) is 119 cm³/mol. The Bertz CT molecular complexity index is 813. The molecule has 3 N–H and O–H groups in total. The van der Waals surface area contributed by atoms with Gasteiger partial charge in [-0.05, 0) is 37.0 Å². The van der Waals surface area contributed by atoms with Crippen molar-refractivity contribution in [3.8, 4) is 0 Å². The third kappa shape index (κ3) is 5.43. The summed E-state index contributed by atoms with van der Waals surface area (Å²) >= 11 is 0. The molecule has 0 spiro atoms. The number of hydrogen-bond acceptors (Lipinski definition) is 6. The van der Waals surface area contributed by atoms with Gasteiger partial charge in [0.15, 0.2) is 0 Å². The number of nitrogens with zero attached hydrogens (tertiary/aromatic N) is 3. The van der Waals surface area contributed by atoms with Crippen LogP contribution in [0.4, 0.5) is 5.69 Å². The first-order valence-electron chi connectivity index (χ1n) is 11.4. The number of amides is 3. The van der Waals surface area contributed by atoms with Crippen molar-refractivity contribution in [2.75, 3.05) is 50.7 Å². The number of rotatable bonds is 5. The lowest BCUT2D eigenvalue weighted by atomic mass is 9.90. The molecule has 8 heteroatoms. The average molecular weight is 428 g/mol. The minimum absolute atomic E-state index is 0.184. The zero-order valence-electron chi connectivity index (χ0n) is 18.1. The number of piperazine rings is 1. The van der Waals surface area contributed by atoms with Gasteiger partial charge < -0.3 is 15.5 Å². The molecule has 0 saturated carbocycles. The Kier molecular flexibility index (Phi) is 6.87. The van der Waals surface area contributed by atoms with Crippen molar-refractivity contribution >= 4 is 23.4 Å². The van der Waals surface area contributed by atoms with Gasteiger partial charge in [0.2, 0.25) is 17.7 Å². The molecule has 3 aliphatic rings. The molecular weight excluding hydrogens is 394 g/mol. The second-order valence-corrected chi connectivity index (χ2v) is 8.90. The summed E-state index contributed by atoms with van der Waals surface area (Å²) in [5.41, 5.74) is 8.01. The van der Waals surface area contributed by atoms with Gasteiger partial charge in [0.05, 0.1) is 5.92 Å². The number of carbonyl (C=O) groups excluding carboxylic acids is 3. The molecule has 1 aromatic carbocycles. The molecule has 0 aromatic heterocycles. The Morgan fingerprint density at radius 1 is 1.03 bits per heavy atom. The van der Waals surface area contributed by atoms with Crippen molar-refractivity contribution < 1.29 is 14.4 Å². The van der Waals surface area contributed by atoms with Crippen molar-refractivity contribution in [3.63, 3.8) is 0 Å². The van der Waals surface area contributed by atoms with Crippen LogP contribution in [0.2, 0.25) is 0 Å². The lowest BCUT2D eigenvalue weighted by Gasteiger charge is -2.37. The molecule has 1 aromatic rings. The van der Waals surface area contributed by atoms with E-state index >= 15 is 0 Å². The van der Waals surface area contributed by atoms with Gasteiger partial charge in [-0.3, -0.25) is 24.6 Å². The highest BCUT2D eigenvalue weighted by Gasteiger charge is 2.28. The summed E-state index contributed by atoms with van der Waals surface area (Å²) in [7, 11) is 0. The highest BCUT2D eigenvalue weighted by atomic mass is 16.2. The molecule has 0 aliphatic carbocycles. The first-order chi connectivity index (χ1) is 15.0. The number of nitrogens with two attached hydrogens (primary N) is 1. The van der Waals surface area contributed by atoms with Crippen LogP contribution in [0.15, 0.2) is 24.3 Å². The van der Waals surface area contributed by atoms with E-state index in [1.165, 1.54) is 0 Å². The fraction of sp³-hybridized carbons (Fsp3) is 0.609. The van der Waals surface area contributed by atoms with Crippen LogP contribution in [0.5, 0.6) is 0 Å².